The second-order valence-corrected chi connectivity index (χ2v) is 6.29. The van der Waals surface area contributed by atoms with Crippen LogP contribution in [-0.4, -0.2) is 32.6 Å². The predicted octanol–water partition coefficient (Wildman–Crippen LogP) is 2.77. The number of hydrogen-bond acceptors (Lipinski definition) is 6. The smallest absolute Gasteiger partial charge is 0.305 e. The van der Waals surface area contributed by atoms with Crippen LogP contribution in [0.2, 0.25) is 0 Å². The Bertz CT molecular complexity index is 944. The van der Waals surface area contributed by atoms with Crippen molar-refractivity contribution in [2.24, 2.45) is 0 Å². The van der Waals surface area contributed by atoms with Crippen molar-refractivity contribution in [3.8, 4) is 11.4 Å². The zero-order chi connectivity index (χ0) is 18.0. The van der Waals surface area contributed by atoms with Gasteiger partial charge in [0, 0.05) is 41.1 Å². The molecule has 0 aliphatic rings. The topological polar surface area (TPSA) is 95.9 Å². The number of carbonyl (C=O) groups excluding carboxylic acids is 1. The number of imidazole rings is 1. The summed E-state index contributed by atoms with van der Waals surface area (Å²) < 4.78 is 20.6. The van der Waals surface area contributed by atoms with Gasteiger partial charge in [-0.25, -0.2) is 19.3 Å². The van der Waals surface area contributed by atoms with E-state index in [9.17, 15) is 9.18 Å². The quantitative estimate of drug-likeness (QED) is 0.361. The van der Waals surface area contributed by atoms with E-state index in [0.29, 0.717) is 39.3 Å². The molecule has 3 rings (SSSR count). The van der Waals surface area contributed by atoms with Crippen LogP contribution in [0.5, 0.6) is 0 Å². The first-order chi connectivity index (χ1) is 12.0. The maximum absolute atomic E-state index is 13.6. The van der Waals surface area contributed by atoms with Gasteiger partial charge in [-0.1, -0.05) is 12.1 Å². The zero-order valence-electron chi connectivity index (χ0n) is 13.4. The third-order valence-electron chi connectivity index (χ3n) is 3.67. The summed E-state index contributed by atoms with van der Waals surface area (Å²) in [7, 11) is 1.35. The molecule has 0 saturated heterocycles. The second kappa shape index (κ2) is 7.30. The van der Waals surface area contributed by atoms with Crippen molar-refractivity contribution >= 4 is 45.5 Å². The van der Waals surface area contributed by atoms with E-state index in [0.717, 1.165) is 0 Å². The number of aromatic nitrogens is 4. The van der Waals surface area contributed by atoms with Crippen LogP contribution < -0.4 is 5.73 Å². The van der Waals surface area contributed by atoms with Crippen molar-refractivity contribution in [1.82, 2.24) is 19.5 Å². The molecule has 2 aromatic heterocycles. The van der Waals surface area contributed by atoms with Gasteiger partial charge in [0.1, 0.15) is 11.6 Å². The Kier molecular flexibility index (Phi) is 5.11. The van der Waals surface area contributed by atoms with Gasteiger partial charge in [-0.2, -0.15) is 0 Å². The van der Waals surface area contributed by atoms with E-state index in [1.807, 2.05) is 27.2 Å². The predicted molar refractivity (Wildman–Crippen MR) is 99.1 cm³/mol. The molecule has 1 aromatic carbocycles. The van der Waals surface area contributed by atoms with Crippen molar-refractivity contribution in [3.05, 3.63) is 33.9 Å². The molecule has 7 nitrogen and oxygen atoms in total. The number of nitrogens with zero attached hydrogens (tertiary/aromatic N) is 4. The molecular weight excluding hydrogens is 440 g/mol. The molecule has 25 heavy (non-hydrogen) atoms. The fourth-order valence-electron chi connectivity index (χ4n) is 2.54. The third-order valence-corrected chi connectivity index (χ3v) is 4.15. The Labute approximate surface area is 156 Å². The molecule has 2 heterocycles. The summed E-state index contributed by atoms with van der Waals surface area (Å²) in [6.07, 6.45) is 0.789. The van der Waals surface area contributed by atoms with Gasteiger partial charge in [-0.15, -0.1) is 0 Å². The Morgan fingerprint density at radius 3 is 2.88 bits per heavy atom. The normalized spacial score (nSPS) is 11.0. The monoisotopic (exact) mass is 455 g/mol. The van der Waals surface area contributed by atoms with Crippen molar-refractivity contribution in [1.29, 1.82) is 0 Å². The van der Waals surface area contributed by atoms with E-state index >= 15 is 0 Å². The standard InChI is InChI=1S/C16H15FIN5O2/c1-25-11(24)6-3-7-23-14(9-4-2-5-10(17)8-9)20-12-13(19)21-16(18)22-15(12)23/h2,4-5,8H,3,6-7H2,1H3,(H2,19,21,22). The Morgan fingerprint density at radius 2 is 2.16 bits per heavy atom. The van der Waals surface area contributed by atoms with E-state index in [2.05, 4.69) is 19.7 Å². The molecule has 9 heteroatoms. The lowest BCUT2D eigenvalue weighted by molar-refractivity contribution is -0.140. The fraction of sp³-hybridized carbons (Fsp3) is 0.250. The number of fused-ring (bicyclic) bond motifs is 1. The maximum atomic E-state index is 13.6. The highest BCUT2D eigenvalue weighted by atomic mass is 127. The number of rotatable bonds is 5. The van der Waals surface area contributed by atoms with Gasteiger partial charge < -0.3 is 15.0 Å². The minimum atomic E-state index is -0.362. The van der Waals surface area contributed by atoms with Crippen LogP contribution >= 0.6 is 22.6 Å². The summed E-state index contributed by atoms with van der Waals surface area (Å²) >= 11 is 1.98. The van der Waals surface area contributed by atoms with Gasteiger partial charge in [0.25, 0.3) is 0 Å². The van der Waals surface area contributed by atoms with Gasteiger partial charge in [-0.05, 0) is 18.6 Å². The van der Waals surface area contributed by atoms with Crippen molar-refractivity contribution in [2.75, 3.05) is 12.8 Å². The van der Waals surface area contributed by atoms with Crippen LogP contribution in [0.4, 0.5) is 10.2 Å². The van der Waals surface area contributed by atoms with Crippen molar-refractivity contribution in [2.45, 2.75) is 19.4 Å². The van der Waals surface area contributed by atoms with E-state index in [1.165, 1.54) is 19.2 Å². The second-order valence-electron chi connectivity index (χ2n) is 5.33. The summed E-state index contributed by atoms with van der Waals surface area (Å²) in [5.74, 6) is 0.140. The number of benzene rings is 1. The molecule has 0 aliphatic heterocycles. The Hall–Kier alpha value is -2.30. The number of esters is 1. The lowest BCUT2D eigenvalue weighted by Crippen LogP contribution is -2.07. The summed E-state index contributed by atoms with van der Waals surface area (Å²) in [5, 5.41) is 0. The average Bonchev–Trinajstić information content (AvgIpc) is 2.94. The van der Waals surface area contributed by atoms with Crippen molar-refractivity contribution < 1.29 is 13.9 Å². The molecule has 0 saturated carbocycles. The molecule has 0 radical (unpaired) electrons. The van der Waals surface area contributed by atoms with Gasteiger partial charge in [0.05, 0.1) is 7.11 Å². The van der Waals surface area contributed by atoms with Crippen LogP contribution in [0.25, 0.3) is 22.6 Å². The molecule has 0 unspecified atom stereocenters. The minimum Gasteiger partial charge on any atom is -0.469 e. The number of nitrogen functional groups attached to an aromatic ring is 1. The first kappa shape index (κ1) is 17.5. The van der Waals surface area contributed by atoms with Crippen LogP contribution in [0, 0.1) is 9.65 Å². The highest BCUT2D eigenvalue weighted by Crippen LogP contribution is 2.27. The molecule has 0 aliphatic carbocycles. The number of ether oxygens (including phenoxy) is 1. The summed E-state index contributed by atoms with van der Waals surface area (Å²) in [6.45, 7) is 0.462. The van der Waals surface area contributed by atoms with Gasteiger partial charge in [0.15, 0.2) is 20.8 Å². The Balaban J connectivity index is 2.09. The van der Waals surface area contributed by atoms with E-state index in [1.54, 1.807) is 12.1 Å². The molecule has 3 aromatic rings. The number of nitrogens with two attached hydrogens (primary N) is 1. The van der Waals surface area contributed by atoms with Crippen LogP contribution in [0.1, 0.15) is 12.8 Å². The number of hydrogen-bond donors (Lipinski definition) is 1. The molecule has 0 atom stereocenters. The van der Waals surface area contributed by atoms with Crippen LogP contribution in [0.3, 0.4) is 0 Å². The molecule has 2 N–H and O–H groups in total. The first-order valence-electron chi connectivity index (χ1n) is 7.51. The molecule has 0 spiro atoms. The molecular formula is C16H15FIN5O2. The highest BCUT2D eigenvalue weighted by molar-refractivity contribution is 14.1. The van der Waals surface area contributed by atoms with Gasteiger partial charge in [0.2, 0.25) is 0 Å². The molecule has 0 amide bonds. The average molecular weight is 455 g/mol. The van der Waals surface area contributed by atoms with E-state index < -0.39 is 0 Å². The SMILES string of the molecule is COC(=O)CCCn1c(-c2cccc(F)c2)nc2c(N)nc(I)nc21. The zero-order valence-corrected chi connectivity index (χ0v) is 15.5. The Morgan fingerprint density at radius 1 is 1.36 bits per heavy atom. The number of anilines is 1. The number of carbonyl (C=O) groups is 1. The molecule has 130 valence electrons. The number of halogens is 2. The largest absolute Gasteiger partial charge is 0.469 e. The summed E-state index contributed by atoms with van der Waals surface area (Å²) in [5.41, 5.74) is 7.58. The van der Waals surface area contributed by atoms with Gasteiger partial charge in [-0.3, -0.25) is 4.79 Å². The summed E-state index contributed by atoms with van der Waals surface area (Å²) in [6, 6.07) is 6.13. The summed E-state index contributed by atoms with van der Waals surface area (Å²) in [4.78, 5) is 24.4. The first-order valence-corrected chi connectivity index (χ1v) is 8.59. The van der Waals surface area contributed by atoms with Crippen LogP contribution in [-0.2, 0) is 16.1 Å². The number of methoxy groups -OCH3 is 1. The van der Waals surface area contributed by atoms with Crippen molar-refractivity contribution in [3.63, 3.8) is 0 Å². The van der Waals surface area contributed by atoms with E-state index in [4.69, 9.17) is 5.73 Å². The molecule has 0 fully saturated rings. The molecule has 0 bridgehead atoms. The van der Waals surface area contributed by atoms with E-state index in [-0.39, 0.29) is 24.0 Å². The lowest BCUT2D eigenvalue weighted by atomic mass is 10.2. The minimum absolute atomic E-state index is 0.260. The lowest BCUT2D eigenvalue weighted by Gasteiger charge is -2.08. The fourth-order valence-corrected chi connectivity index (χ4v) is 3.03. The highest BCUT2D eigenvalue weighted by Gasteiger charge is 2.18. The van der Waals surface area contributed by atoms with Gasteiger partial charge >= 0.3 is 5.97 Å². The maximum Gasteiger partial charge on any atom is 0.305 e. The number of aryl methyl sites for hydroxylation is 1. The third kappa shape index (κ3) is 3.70. The van der Waals surface area contributed by atoms with Crippen LogP contribution in [0.15, 0.2) is 24.3 Å².